The minimum Gasteiger partial charge on any atom is -0.356 e. The highest BCUT2D eigenvalue weighted by molar-refractivity contribution is 7.09. The number of nitrogens with zero attached hydrogens (tertiary/aromatic N) is 6. The van der Waals surface area contributed by atoms with Crippen LogP contribution in [-0.2, 0) is 20.1 Å². The summed E-state index contributed by atoms with van der Waals surface area (Å²) in [5, 5.41) is 14.9. The van der Waals surface area contributed by atoms with Gasteiger partial charge in [-0.15, -0.1) is 21.5 Å². The number of nitrogens with one attached hydrogen (secondary N) is 1. The second-order valence-corrected chi connectivity index (χ2v) is 6.92. The Bertz CT molecular complexity index is 674. The molecule has 0 fully saturated rings. The van der Waals surface area contributed by atoms with Crippen LogP contribution in [0.2, 0.25) is 0 Å². The second kappa shape index (κ2) is 8.77. The molecular formula is C16H27N7S. The zero-order chi connectivity index (χ0) is 17.5. The topological polar surface area (TPSA) is 71.2 Å². The van der Waals surface area contributed by atoms with Gasteiger partial charge in [-0.3, -0.25) is 0 Å². The fourth-order valence-electron chi connectivity index (χ4n) is 2.22. The van der Waals surface area contributed by atoms with E-state index >= 15 is 0 Å². The summed E-state index contributed by atoms with van der Waals surface area (Å²) < 4.78 is 1.97. The van der Waals surface area contributed by atoms with E-state index in [4.69, 9.17) is 4.99 Å². The Morgan fingerprint density at radius 3 is 2.75 bits per heavy atom. The van der Waals surface area contributed by atoms with Gasteiger partial charge in [0.1, 0.15) is 12.4 Å². The summed E-state index contributed by atoms with van der Waals surface area (Å²) in [6.07, 6.45) is 2.27. The number of aryl methyl sites for hydroxylation is 2. The average Bonchev–Trinajstić information content (AvgIpc) is 3.10. The highest BCUT2D eigenvalue weighted by atomic mass is 32.1. The molecule has 7 nitrogen and oxygen atoms in total. The highest BCUT2D eigenvalue weighted by Crippen LogP contribution is 2.10. The van der Waals surface area contributed by atoms with E-state index < -0.39 is 0 Å². The first-order chi connectivity index (χ1) is 11.5. The molecule has 0 aliphatic heterocycles. The number of hydrogen-bond donors (Lipinski definition) is 1. The normalized spacial score (nSPS) is 11.8. The van der Waals surface area contributed by atoms with E-state index in [0.29, 0.717) is 6.54 Å². The van der Waals surface area contributed by atoms with E-state index in [1.807, 2.05) is 32.5 Å². The molecule has 0 radical (unpaired) electrons. The molecule has 0 bridgehead atoms. The first-order valence-corrected chi connectivity index (χ1v) is 9.14. The molecule has 0 unspecified atom stereocenters. The standard InChI is InChI=1S/C16H27N7S/c1-6-7-8-17-16(18-9-15-21-20-12(2)23(15)5)22(4)10-14-11-24-13(3)19-14/h11H,6-10H2,1-5H3,(H,17,18). The van der Waals surface area contributed by atoms with Crippen LogP contribution in [0.25, 0.3) is 0 Å². The van der Waals surface area contributed by atoms with Gasteiger partial charge in [0, 0.05) is 26.0 Å². The van der Waals surface area contributed by atoms with Crippen molar-refractivity contribution in [2.45, 2.75) is 46.7 Å². The zero-order valence-electron chi connectivity index (χ0n) is 15.2. The Hall–Kier alpha value is -1.96. The van der Waals surface area contributed by atoms with Gasteiger partial charge in [0.15, 0.2) is 11.8 Å². The van der Waals surface area contributed by atoms with Gasteiger partial charge < -0.3 is 14.8 Å². The highest BCUT2D eigenvalue weighted by Gasteiger charge is 2.10. The number of unbranched alkanes of at least 4 members (excludes halogenated alkanes) is 1. The van der Waals surface area contributed by atoms with E-state index in [1.165, 1.54) is 0 Å². The van der Waals surface area contributed by atoms with Crippen LogP contribution in [0, 0.1) is 13.8 Å². The molecule has 2 heterocycles. The molecule has 0 saturated carbocycles. The third-order valence-corrected chi connectivity index (χ3v) is 4.62. The zero-order valence-corrected chi connectivity index (χ0v) is 16.0. The van der Waals surface area contributed by atoms with Gasteiger partial charge in [-0.2, -0.15) is 0 Å². The van der Waals surface area contributed by atoms with E-state index in [0.717, 1.165) is 54.2 Å². The Labute approximate surface area is 147 Å². The summed E-state index contributed by atoms with van der Waals surface area (Å²) in [6.45, 7) is 8.30. The van der Waals surface area contributed by atoms with E-state index in [9.17, 15) is 0 Å². The monoisotopic (exact) mass is 349 g/mol. The van der Waals surface area contributed by atoms with E-state index in [2.05, 4.69) is 37.7 Å². The molecule has 0 atom stereocenters. The lowest BCUT2D eigenvalue weighted by Crippen LogP contribution is -2.39. The third kappa shape index (κ3) is 5.02. The Kier molecular flexibility index (Phi) is 6.72. The van der Waals surface area contributed by atoms with Gasteiger partial charge in [-0.05, 0) is 20.3 Å². The van der Waals surface area contributed by atoms with Crippen LogP contribution in [0.1, 0.15) is 42.1 Å². The predicted octanol–water partition coefficient (Wildman–Crippen LogP) is 2.27. The summed E-state index contributed by atoms with van der Waals surface area (Å²) in [6, 6.07) is 0. The average molecular weight is 350 g/mol. The number of rotatable bonds is 7. The molecule has 0 aliphatic carbocycles. The van der Waals surface area contributed by atoms with Crippen LogP contribution in [0.3, 0.4) is 0 Å². The molecule has 0 spiro atoms. The van der Waals surface area contributed by atoms with Crippen molar-refractivity contribution in [3.05, 3.63) is 27.7 Å². The van der Waals surface area contributed by atoms with E-state index in [1.54, 1.807) is 11.3 Å². The fraction of sp³-hybridized carbons (Fsp3) is 0.625. The van der Waals surface area contributed by atoms with Crippen LogP contribution in [0.4, 0.5) is 0 Å². The maximum absolute atomic E-state index is 4.73. The number of thiazole rings is 1. The molecule has 0 aromatic carbocycles. The Balaban J connectivity index is 2.07. The van der Waals surface area contributed by atoms with Crippen LogP contribution >= 0.6 is 11.3 Å². The van der Waals surface area contributed by atoms with E-state index in [-0.39, 0.29) is 0 Å². The van der Waals surface area contributed by atoms with Gasteiger partial charge in [0.05, 0.1) is 17.2 Å². The van der Waals surface area contributed by atoms with Gasteiger partial charge in [0.2, 0.25) is 0 Å². The first kappa shape index (κ1) is 18.4. The van der Waals surface area contributed by atoms with Crippen molar-refractivity contribution in [2.75, 3.05) is 13.6 Å². The Morgan fingerprint density at radius 1 is 1.38 bits per heavy atom. The number of aromatic nitrogens is 4. The minimum atomic E-state index is 0.506. The Morgan fingerprint density at radius 2 is 2.17 bits per heavy atom. The van der Waals surface area contributed by atoms with Crippen LogP contribution in [-0.4, -0.2) is 44.2 Å². The molecule has 0 saturated heterocycles. The molecule has 132 valence electrons. The summed E-state index contributed by atoms with van der Waals surface area (Å²) >= 11 is 1.67. The molecule has 0 aliphatic rings. The van der Waals surface area contributed by atoms with Crippen molar-refractivity contribution in [1.82, 2.24) is 30.0 Å². The lowest BCUT2D eigenvalue weighted by Gasteiger charge is -2.21. The SMILES string of the molecule is CCCCNC(=NCc1nnc(C)n1C)N(C)Cc1csc(C)n1. The maximum atomic E-state index is 4.73. The van der Waals surface area contributed by atoms with Crippen LogP contribution in [0.15, 0.2) is 10.4 Å². The lowest BCUT2D eigenvalue weighted by molar-refractivity contribution is 0.467. The smallest absolute Gasteiger partial charge is 0.194 e. The predicted molar refractivity (Wildman–Crippen MR) is 98.1 cm³/mol. The fourth-order valence-corrected chi connectivity index (χ4v) is 2.83. The summed E-state index contributed by atoms with van der Waals surface area (Å²) in [4.78, 5) is 11.4. The lowest BCUT2D eigenvalue weighted by atomic mass is 10.3. The van der Waals surface area contributed by atoms with Crippen molar-refractivity contribution < 1.29 is 0 Å². The molecular weight excluding hydrogens is 322 g/mol. The summed E-state index contributed by atoms with van der Waals surface area (Å²) in [5.41, 5.74) is 1.07. The van der Waals surface area contributed by atoms with Gasteiger partial charge in [-0.1, -0.05) is 13.3 Å². The number of guanidine groups is 1. The molecule has 24 heavy (non-hydrogen) atoms. The first-order valence-electron chi connectivity index (χ1n) is 8.26. The maximum Gasteiger partial charge on any atom is 0.194 e. The van der Waals surface area contributed by atoms with Crippen molar-refractivity contribution >= 4 is 17.3 Å². The largest absolute Gasteiger partial charge is 0.356 e. The molecule has 2 aromatic heterocycles. The molecule has 0 amide bonds. The molecule has 2 rings (SSSR count). The van der Waals surface area contributed by atoms with Crippen molar-refractivity contribution in [2.24, 2.45) is 12.0 Å². The van der Waals surface area contributed by atoms with Crippen molar-refractivity contribution in [1.29, 1.82) is 0 Å². The van der Waals surface area contributed by atoms with Gasteiger partial charge in [0.25, 0.3) is 0 Å². The quantitative estimate of drug-likeness (QED) is 0.472. The number of aliphatic imine (C=N–C) groups is 1. The van der Waals surface area contributed by atoms with Gasteiger partial charge >= 0.3 is 0 Å². The van der Waals surface area contributed by atoms with Crippen LogP contribution < -0.4 is 5.32 Å². The van der Waals surface area contributed by atoms with Gasteiger partial charge in [-0.25, -0.2) is 9.98 Å². The minimum absolute atomic E-state index is 0.506. The summed E-state index contributed by atoms with van der Waals surface area (Å²) in [5.74, 6) is 2.63. The van der Waals surface area contributed by atoms with Crippen LogP contribution in [0.5, 0.6) is 0 Å². The molecule has 2 aromatic rings. The van der Waals surface area contributed by atoms with Crippen molar-refractivity contribution in [3.63, 3.8) is 0 Å². The summed E-state index contributed by atoms with van der Waals surface area (Å²) in [7, 11) is 4.00. The molecule has 8 heteroatoms. The number of hydrogen-bond acceptors (Lipinski definition) is 5. The van der Waals surface area contributed by atoms with Crippen molar-refractivity contribution in [3.8, 4) is 0 Å². The second-order valence-electron chi connectivity index (χ2n) is 5.86. The third-order valence-electron chi connectivity index (χ3n) is 3.79. The molecule has 1 N–H and O–H groups in total.